The molecule has 1 aromatic heterocycles. The van der Waals surface area contributed by atoms with Crippen LogP contribution in [0.2, 0.25) is 0 Å². The molecule has 0 unspecified atom stereocenters. The number of anilines is 1. The second kappa shape index (κ2) is 11.6. The van der Waals surface area contributed by atoms with Crippen molar-refractivity contribution in [3.8, 4) is 5.75 Å². The SMILES string of the molecule is CCC(CC)C(=O)N(CC(=O)NCC(=O)Nc1ccc(OC)cc1)Cc1ccco1. The summed E-state index contributed by atoms with van der Waals surface area (Å²) in [6.07, 6.45) is 2.91. The first-order valence-electron chi connectivity index (χ1n) is 9.98. The van der Waals surface area contributed by atoms with Crippen LogP contribution >= 0.6 is 0 Å². The molecule has 0 aliphatic rings. The Morgan fingerprint density at radius 3 is 2.33 bits per heavy atom. The zero-order valence-electron chi connectivity index (χ0n) is 17.6. The zero-order valence-corrected chi connectivity index (χ0v) is 17.6. The van der Waals surface area contributed by atoms with Crippen molar-refractivity contribution in [2.45, 2.75) is 33.2 Å². The summed E-state index contributed by atoms with van der Waals surface area (Å²) >= 11 is 0. The number of carbonyl (C=O) groups is 3. The van der Waals surface area contributed by atoms with Gasteiger partial charge < -0.3 is 24.7 Å². The Hall–Kier alpha value is -3.29. The molecule has 2 aromatic rings. The number of benzene rings is 1. The van der Waals surface area contributed by atoms with Gasteiger partial charge in [0.25, 0.3) is 0 Å². The Kier molecular flexibility index (Phi) is 8.93. The standard InChI is InChI=1S/C22H29N3O5/c1-4-16(5-2)22(28)25(14-19-7-6-12-30-19)15-21(27)23-13-20(26)24-17-8-10-18(29-3)11-9-17/h6-12,16H,4-5,13-15H2,1-3H3,(H,23,27)(H,24,26). The Morgan fingerprint density at radius 1 is 1.07 bits per heavy atom. The van der Waals surface area contributed by atoms with E-state index in [4.69, 9.17) is 9.15 Å². The lowest BCUT2D eigenvalue weighted by atomic mass is 10.0. The maximum atomic E-state index is 12.8. The van der Waals surface area contributed by atoms with Crippen LogP contribution in [0.5, 0.6) is 5.75 Å². The molecule has 2 rings (SSSR count). The average Bonchev–Trinajstić information content (AvgIpc) is 3.26. The summed E-state index contributed by atoms with van der Waals surface area (Å²) < 4.78 is 10.4. The van der Waals surface area contributed by atoms with E-state index in [-0.39, 0.29) is 37.4 Å². The maximum absolute atomic E-state index is 12.8. The van der Waals surface area contributed by atoms with Crippen LogP contribution in [0.15, 0.2) is 47.1 Å². The molecule has 0 fully saturated rings. The zero-order chi connectivity index (χ0) is 21.9. The number of hydrogen-bond donors (Lipinski definition) is 2. The van der Waals surface area contributed by atoms with Gasteiger partial charge in [0.1, 0.15) is 18.1 Å². The van der Waals surface area contributed by atoms with Gasteiger partial charge in [-0.15, -0.1) is 0 Å². The first-order valence-corrected chi connectivity index (χ1v) is 9.98. The highest BCUT2D eigenvalue weighted by Gasteiger charge is 2.24. The first-order chi connectivity index (χ1) is 14.5. The van der Waals surface area contributed by atoms with E-state index in [9.17, 15) is 14.4 Å². The Morgan fingerprint density at radius 2 is 1.77 bits per heavy atom. The predicted octanol–water partition coefficient (Wildman–Crippen LogP) is 2.81. The predicted molar refractivity (Wildman–Crippen MR) is 113 cm³/mol. The average molecular weight is 415 g/mol. The molecule has 2 N–H and O–H groups in total. The summed E-state index contributed by atoms with van der Waals surface area (Å²) in [6.45, 7) is 3.75. The van der Waals surface area contributed by atoms with Gasteiger partial charge in [0.05, 0.1) is 26.5 Å². The topological polar surface area (TPSA) is 101 Å². The Bertz CT molecular complexity index is 814. The summed E-state index contributed by atoms with van der Waals surface area (Å²) in [7, 11) is 1.56. The van der Waals surface area contributed by atoms with E-state index in [1.807, 2.05) is 13.8 Å². The molecule has 0 aliphatic heterocycles. The van der Waals surface area contributed by atoms with Crippen LogP contribution in [0.4, 0.5) is 5.69 Å². The molecule has 30 heavy (non-hydrogen) atoms. The largest absolute Gasteiger partial charge is 0.497 e. The number of carbonyl (C=O) groups excluding carboxylic acids is 3. The first kappa shape index (κ1) is 23.0. The lowest BCUT2D eigenvalue weighted by Gasteiger charge is -2.25. The molecule has 0 spiro atoms. The van der Waals surface area contributed by atoms with Gasteiger partial charge in [0.15, 0.2) is 0 Å². The highest BCUT2D eigenvalue weighted by molar-refractivity contribution is 5.95. The van der Waals surface area contributed by atoms with Crippen molar-refractivity contribution >= 4 is 23.4 Å². The number of furan rings is 1. The van der Waals surface area contributed by atoms with Crippen LogP contribution < -0.4 is 15.4 Å². The van der Waals surface area contributed by atoms with E-state index >= 15 is 0 Å². The molecule has 8 heteroatoms. The third-order valence-electron chi connectivity index (χ3n) is 4.73. The fraction of sp³-hybridized carbons (Fsp3) is 0.409. The second-order valence-electron chi connectivity index (χ2n) is 6.84. The minimum absolute atomic E-state index is 0.103. The summed E-state index contributed by atoms with van der Waals surface area (Å²) in [5.41, 5.74) is 0.596. The fourth-order valence-electron chi connectivity index (χ4n) is 2.99. The minimum Gasteiger partial charge on any atom is -0.497 e. The van der Waals surface area contributed by atoms with Crippen LogP contribution in [0.3, 0.4) is 0 Å². The quantitative estimate of drug-likeness (QED) is 0.588. The van der Waals surface area contributed by atoms with E-state index in [2.05, 4.69) is 10.6 Å². The highest BCUT2D eigenvalue weighted by atomic mass is 16.5. The molecule has 0 bridgehead atoms. The van der Waals surface area contributed by atoms with Crippen molar-refractivity contribution in [1.29, 1.82) is 0 Å². The van der Waals surface area contributed by atoms with Crippen LogP contribution in [-0.2, 0) is 20.9 Å². The molecular formula is C22H29N3O5. The summed E-state index contributed by atoms with van der Waals surface area (Å²) in [4.78, 5) is 38.8. The lowest BCUT2D eigenvalue weighted by Crippen LogP contribution is -2.44. The van der Waals surface area contributed by atoms with Gasteiger partial charge in [-0.1, -0.05) is 13.8 Å². The van der Waals surface area contributed by atoms with E-state index in [1.165, 1.54) is 11.2 Å². The maximum Gasteiger partial charge on any atom is 0.243 e. The normalized spacial score (nSPS) is 10.5. The smallest absolute Gasteiger partial charge is 0.243 e. The van der Waals surface area contributed by atoms with Crippen LogP contribution in [0.1, 0.15) is 32.4 Å². The molecule has 162 valence electrons. The summed E-state index contributed by atoms with van der Waals surface area (Å²) in [6, 6.07) is 10.4. The number of amides is 3. The fourth-order valence-corrected chi connectivity index (χ4v) is 2.99. The summed E-state index contributed by atoms with van der Waals surface area (Å²) in [5, 5.41) is 5.26. The Balaban J connectivity index is 1.90. The van der Waals surface area contributed by atoms with Crippen LogP contribution in [-0.4, -0.2) is 42.8 Å². The van der Waals surface area contributed by atoms with E-state index < -0.39 is 5.91 Å². The molecule has 0 atom stereocenters. The Labute approximate surface area is 176 Å². The van der Waals surface area contributed by atoms with E-state index in [0.717, 1.165) is 0 Å². The molecule has 0 saturated heterocycles. The molecule has 1 aromatic carbocycles. The lowest BCUT2D eigenvalue weighted by molar-refractivity contribution is -0.140. The molecule has 0 saturated carbocycles. The van der Waals surface area contributed by atoms with E-state index in [1.54, 1.807) is 43.5 Å². The number of ether oxygens (including phenoxy) is 1. The number of nitrogens with one attached hydrogen (secondary N) is 2. The highest BCUT2D eigenvalue weighted by Crippen LogP contribution is 2.16. The molecule has 1 heterocycles. The number of nitrogens with zero attached hydrogens (tertiary/aromatic N) is 1. The van der Waals surface area contributed by atoms with Gasteiger partial charge in [0.2, 0.25) is 17.7 Å². The van der Waals surface area contributed by atoms with Crippen molar-refractivity contribution in [3.63, 3.8) is 0 Å². The monoisotopic (exact) mass is 415 g/mol. The molecule has 3 amide bonds. The summed E-state index contributed by atoms with van der Waals surface area (Å²) in [5.74, 6) is 0.239. The van der Waals surface area contributed by atoms with Gasteiger partial charge >= 0.3 is 0 Å². The van der Waals surface area contributed by atoms with Crippen molar-refractivity contribution < 1.29 is 23.5 Å². The molecule has 0 aliphatic carbocycles. The molecular weight excluding hydrogens is 386 g/mol. The van der Waals surface area contributed by atoms with Gasteiger partial charge in [-0.05, 0) is 49.2 Å². The van der Waals surface area contributed by atoms with Gasteiger partial charge in [-0.2, -0.15) is 0 Å². The van der Waals surface area contributed by atoms with Crippen molar-refractivity contribution in [3.05, 3.63) is 48.4 Å². The van der Waals surface area contributed by atoms with E-state index in [0.29, 0.717) is 30.0 Å². The number of methoxy groups -OCH3 is 1. The van der Waals surface area contributed by atoms with Crippen molar-refractivity contribution in [2.24, 2.45) is 5.92 Å². The van der Waals surface area contributed by atoms with Gasteiger partial charge in [-0.25, -0.2) is 0 Å². The third-order valence-corrected chi connectivity index (χ3v) is 4.73. The molecule has 8 nitrogen and oxygen atoms in total. The van der Waals surface area contributed by atoms with Crippen molar-refractivity contribution in [1.82, 2.24) is 10.2 Å². The number of hydrogen-bond acceptors (Lipinski definition) is 5. The minimum atomic E-state index is -0.411. The second-order valence-corrected chi connectivity index (χ2v) is 6.84. The van der Waals surface area contributed by atoms with Crippen LogP contribution in [0, 0.1) is 5.92 Å². The molecule has 0 radical (unpaired) electrons. The van der Waals surface area contributed by atoms with Crippen molar-refractivity contribution in [2.75, 3.05) is 25.5 Å². The number of rotatable bonds is 11. The van der Waals surface area contributed by atoms with Crippen LogP contribution in [0.25, 0.3) is 0 Å². The van der Waals surface area contributed by atoms with Gasteiger partial charge in [0, 0.05) is 11.6 Å². The van der Waals surface area contributed by atoms with Gasteiger partial charge in [-0.3, -0.25) is 14.4 Å². The third kappa shape index (κ3) is 6.95.